The number of carboxylic acids is 1. The average molecular weight is 397 g/mol. The van der Waals surface area contributed by atoms with Crippen molar-refractivity contribution < 1.29 is 24.2 Å². The molecule has 6 heteroatoms. The summed E-state index contributed by atoms with van der Waals surface area (Å²) in [5, 5.41) is 8.93. The summed E-state index contributed by atoms with van der Waals surface area (Å²) in [5.41, 5.74) is 1.08. The van der Waals surface area contributed by atoms with E-state index in [1.54, 1.807) is 17.0 Å². The van der Waals surface area contributed by atoms with Crippen LogP contribution in [-0.2, 0) is 4.79 Å². The lowest BCUT2D eigenvalue weighted by atomic mass is 10.1. The van der Waals surface area contributed by atoms with Crippen LogP contribution in [0.2, 0.25) is 0 Å². The van der Waals surface area contributed by atoms with Crippen LogP contribution in [0.15, 0.2) is 48.5 Å². The van der Waals surface area contributed by atoms with Gasteiger partial charge in [-0.1, -0.05) is 19.8 Å². The number of hydrogen-bond donors (Lipinski definition) is 1. The van der Waals surface area contributed by atoms with E-state index in [1.165, 1.54) is 12.1 Å². The number of nitrogens with zero attached hydrogens (tertiary/aromatic N) is 1. The molecule has 2 aromatic rings. The molecule has 0 aliphatic carbocycles. The number of amides is 1. The molecule has 0 aromatic heterocycles. The molecule has 3 rings (SSSR count). The molecule has 29 heavy (non-hydrogen) atoms. The zero-order valence-electron chi connectivity index (χ0n) is 16.7. The SMILES string of the molecule is CCCCCOc1ccc(N2CC(COc3ccc(C(=O)O)cc3)CC2=O)cc1. The maximum atomic E-state index is 12.4. The highest BCUT2D eigenvalue weighted by Crippen LogP contribution is 2.27. The van der Waals surface area contributed by atoms with E-state index in [4.69, 9.17) is 14.6 Å². The molecule has 1 N–H and O–H groups in total. The molecule has 0 bridgehead atoms. The second-order valence-electron chi connectivity index (χ2n) is 7.26. The Morgan fingerprint density at radius 1 is 1.03 bits per heavy atom. The van der Waals surface area contributed by atoms with Gasteiger partial charge in [0.05, 0.1) is 18.8 Å². The lowest BCUT2D eigenvalue weighted by molar-refractivity contribution is -0.117. The summed E-state index contributed by atoms with van der Waals surface area (Å²) in [6.45, 7) is 3.88. The van der Waals surface area contributed by atoms with Gasteiger partial charge in [-0.05, 0) is 55.0 Å². The zero-order chi connectivity index (χ0) is 20.6. The number of benzene rings is 2. The molecule has 154 valence electrons. The van der Waals surface area contributed by atoms with Gasteiger partial charge in [0.2, 0.25) is 5.91 Å². The first-order valence-electron chi connectivity index (χ1n) is 10.1. The summed E-state index contributed by atoms with van der Waals surface area (Å²) in [5.74, 6) is 0.626. The molecule has 1 heterocycles. The van der Waals surface area contributed by atoms with Gasteiger partial charge in [0.25, 0.3) is 0 Å². The fourth-order valence-corrected chi connectivity index (χ4v) is 3.31. The maximum Gasteiger partial charge on any atom is 0.335 e. The number of hydrogen-bond acceptors (Lipinski definition) is 4. The van der Waals surface area contributed by atoms with Crippen molar-refractivity contribution in [2.24, 2.45) is 5.92 Å². The Morgan fingerprint density at radius 3 is 2.34 bits per heavy atom. The van der Waals surface area contributed by atoms with Gasteiger partial charge in [0, 0.05) is 24.6 Å². The van der Waals surface area contributed by atoms with Crippen molar-refractivity contribution in [1.82, 2.24) is 0 Å². The molecule has 1 unspecified atom stereocenters. The highest BCUT2D eigenvalue weighted by Gasteiger charge is 2.31. The Labute approximate surface area is 171 Å². The molecule has 2 aromatic carbocycles. The molecule has 6 nitrogen and oxygen atoms in total. The number of carboxylic acid groups (broad SMARTS) is 1. The van der Waals surface area contributed by atoms with Crippen LogP contribution < -0.4 is 14.4 Å². The molecule has 1 fully saturated rings. The lowest BCUT2D eigenvalue weighted by Crippen LogP contribution is -2.25. The van der Waals surface area contributed by atoms with Gasteiger partial charge in [-0.15, -0.1) is 0 Å². The molecule has 1 aliphatic rings. The third-order valence-corrected chi connectivity index (χ3v) is 4.96. The number of carbonyl (C=O) groups is 2. The van der Waals surface area contributed by atoms with Crippen LogP contribution in [0.1, 0.15) is 43.0 Å². The normalized spacial score (nSPS) is 16.1. The standard InChI is InChI=1S/C23H27NO5/c1-2-3-4-13-28-20-11-7-19(8-12-20)24-15-17(14-22(24)25)16-29-21-9-5-18(6-10-21)23(26)27/h5-12,17H,2-4,13-16H2,1H3,(H,26,27). The van der Waals surface area contributed by atoms with Crippen molar-refractivity contribution in [2.45, 2.75) is 32.6 Å². The smallest absolute Gasteiger partial charge is 0.335 e. The number of ether oxygens (including phenoxy) is 2. The van der Waals surface area contributed by atoms with Crippen molar-refractivity contribution in [2.75, 3.05) is 24.7 Å². The van der Waals surface area contributed by atoms with Crippen LogP contribution in [-0.4, -0.2) is 36.7 Å². The van der Waals surface area contributed by atoms with Gasteiger partial charge in [-0.2, -0.15) is 0 Å². The summed E-state index contributed by atoms with van der Waals surface area (Å²) in [7, 11) is 0. The van der Waals surface area contributed by atoms with Gasteiger partial charge < -0.3 is 19.5 Å². The van der Waals surface area contributed by atoms with Crippen molar-refractivity contribution >= 4 is 17.6 Å². The van der Waals surface area contributed by atoms with Crippen LogP contribution in [0.5, 0.6) is 11.5 Å². The molecule has 1 atom stereocenters. The summed E-state index contributed by atoms with van der Waals surface area (Å²) in [6, 6.07) is 13.9. The quantitative estimate of drug-likeness (QED) is 0.602. The fourth-order valence-electron chi connectivity index (χ4n) is 3.31. The average Bonchev–Trinajstić information content (AvgIpc) is 3.11. The van der Waals surface area contributed by atoms with E-state index >= 15 is 0 Å². The first-order chi connectivity index (χ1) is 14.1. The Morgan fingerprint density at radius 2 is 1.69 bits per heavy atom. The van der Waals surface area contributed by atoms with Gasteiger partial charge in [-0.3, -0.25) is 4.79 Å². The zero-order valence-corrected chi connectivity index (χ0v) is 16.7. The highest BCUT2D eigenvalue weighted by molar-refractivity contribution is 5.95. The van der Waals surface area contributed by atoms with E-state index in [-0.39, 0.29) is 17.4 Å². The second kappa shape index (κ2) is 9.96. The summed E-state index contributed by atoms with van der Waals surface area (Å²) in [4.78, 5) is 25.1. The van der Waals surface area contributed by atoms with Crippen molar-refractivity contribution in [3.05, 3.63) is 54.1 Å². The predicted molar refractivity (Wildman–Crippen MR) is 111 cm³/mol. The first kappa shape index (κ1) is 20.7. The van der Waals surface area contributed by atoms with Crippen molar-refractivity contribution in [3.8, 4) is 11.5 Å². The maximum absolute atomic E-state index is 12.4. The van der Waals surface area contributed by atoms with Gasteiger partial charge in [0.15, 0.2) is 0 Å². The second-order valence-corrected chi connectivity index (χ2v) is 7.26. The van der Waals surface area contributed by atoms with E-state index in [2.05, 4.69) is 6.92 Å². The number of aromatic carboxylic acids is 1. The van der Waals surface area contributed by atoms with Crippen LogP contribution >= 0.6 is 0 Å². The van der Waals surface area contributed by atoms with E-state index in [1.807, 2.05) is 24.3 Å². The van der Waals surface area contributed by atoms with Crippen LogP contribution in [0.3, 0.4) is 0 Å². The van der Waals surface area contributed by atoms with Crippen molar-refractivity contribution in [3.63, 3.8) is 0 Å². The number of unbranched alkanes of at least 4 members (excludes halogenated alkanes) is 2. The van der Waals surface area contributed by atoms with Crippen molar-refractivity contribution in [1.29, 1.82) is 0 Å². The molecule has 1 aliphatic heterocycles. The monoisotopic (exact) mass is 397 g/mol. The van der Waals surface area contributed by atoms with E-state index < -0.39 is 5.97 Å². The van der Waals surface area contributed by atoms with Crippen LogP contribution in [0.25, 0.3) is 0 Å². The molecule has 0 spiro atoms. The van der Waals surface area contributed by atoms with E-state index in [0.717, 1.165) is 30.7 Å². The minimum atomic E-state index is -0.967. The molecular formula is C23H27NO5. The van der Waals surface area contributed by atoms with E-state index in [0.29, 0.717) is 31.9 Å². The minimum Gasteiger partial charge on any atom is -0.494 e. The molecule has 1 amide bonds. The molecular weight excluding hydrogens is 370 g/mol. The Hall–Kier alpha value is -3.02. The topological polar surface area (TPSA) is 76.1 Å². The van der Waals surface area contributed by atoms with Gasteiger partial charge in [0.1, 0.15) is 11.5 Å². The number of anilines is 1. The molecule has 0 saturated carbocycles. The minimum absolute atomic E-state index is 0.0800. The van der Waals surface area contributed by atoms with Gasteiger partial charge >= 0.3 is 5.97 Å². The van der Waals surface area contributed by atoms with Crippen LogP contribution in [0.4, 0.5) is 5.69 Å². The lowest BCUT2D eigenvalue weighted by Gasteiger charge is -2.17. The Bertz CT molecular complexity index is 816. The highest BCUT2D eigenvalue weighted by atomic mass is 16.5. The fraction of sp³-hybridized carbons (Fsp3) is 0.391. The molecule has 1 saturated heterocycles. The largest absolute Gasteiger partial charge is 0.494 e. The summed E-state index contributed by atoms with van der Waals surface area (Å²) < 4.78 is 11.5. The third kappa shape index (κ3) is 5.73. The number of rotatable bonds is 10. The number of carbonyl (C=O) groups excluding carboxylic acids is 1. The van der Waals surface area contributed by atoms with Gasteiger partial charge in [-0.25, -0.2) is 4.79 Å². The Kier molecular flexibility index (Phi) is 7.11. The predicted octanol–water partition coefficient (Wildman–Crippen LogP) is 4.39. The third-order valence-electron chi connectivity index (χ3n) is 4.96. The summed E-state index contributed by atoms with van der Waals surface area (Å²) in [6.07, 6.45) is 3.80. The molecule has 0 radical (unpaired) electrons. The summed E-state index contributed by atoms with van der Waals surface area (Å²) >= 11 is 0. The Balaban J connectivity index is 1.50. The van der Waals surface area contributed by atoms with Crippen LogP contribution in [0, 0.1) is 5.92 Å². The van der Waals surface area contributed by atoms with E-state index in [9.17, 15) is 9.59 Å². The first-order valence-corrected chi connectivity index (χ1v) is 10.1.